The Labute approximate surface area is 119 Å². The van der Waals surface area contributed by atoms with E-state index < -0.39 is 4.92 Å². The van der Waals surface area contributed by atoms with Crippen molar-refractivity contribution in [2.45, 2.75) is 0 Å². The van der Waals surface area contributed by atoms with E-state index in [4.69, 9.17) is 5.73 Å². The maximum absolute atomic E-state index is 10.6. The Morgan fingerprint density at radius 3 is 2.62 bits per heavy atom. The monoisotopic (exact) mass is 281 g/mol. The lowest BCUT2D eigenvalue weighted by atomic mass is 10.2. The van der Waals surface area contributed by atoms with E-state index in [-0.39, 0.29) is 5.69 Å². The molecule has 0 fully saturated rings. The number of rotatable bonds is 3. The fourth-order valence-electron chi connectivity index (χ4n) is 1.95. The molecule has 0 amide bonds. The fraction of sp³-hybridized carbons (Fsp3) is 0. The fourth-order valence-corrected chi connectivity index (χ4v) is 1.95. The third-order valence-electron chi connectivity index (χ3n) is 3.02. The van der Waals surface area contributed by atoms with Crippen molar-refractivity contribution in [3.63, 3.8) is 0 Å². The molecule has 0 aliphatic carbocycles. The Balaban J connectivity index is 1.91. The molecule has 2 N–H and O–H groups in total. The molecule has 0 aliphatic rings. The highest BCUT2D eigenvalue weighted by Gasteiger charge is 2.05. The van der Waals surface area contributed by atoms with Gasteiger partial charge in [-0.3, -0.25) is 14.5 Å². The molecule has 1 aromatic carbocycles. The number of hydrogen-bond acceptors (Lipinski definition) is 5. The van der Waals surface area contributed by atoms with Crippen LogP contribution in [0, 0.1) is 10.1 Å². The number of pyridine rings is 1. The molecule has 0 radical (unpaired) electrons. The van der Waals surface area contributed by atoms with Crippen molar-refractivity contribution in [2.24, 2.45) is 0 Å². The normalized spacial score (nSPS) is 11.2. The third-order valence-corrected chi connectivity index (χ3v) is 3.02. The van der Waals surface area contributed by atoms with Gasteiger partial charge in [0.25, 0.3) is 5.69 Å². The number of non-ortho nitro benzene ring substituents is 1. The van der Waals surface area contributed by atoms with Gasteiger partial charge in [0.05, 0.1) is 10.6 Å². The first-order chi connectivity index (χ1) is 10.1. The third kappa shape index (κ3) is 2.44. The van der Waals surface area contributed by atoms with Crippen molar-refractivity contribution < 1.29 is 4.92 Å². The van der Waals surface area contributed by atoms with Gasteiger partial charge in [0.1, 0.15) is 0 Å². The topological polar surface area (TPSA) is 99.3 Å². The van der Waals surface area contributed by atoms with Crippen LogP contribution in [-0.2, 0) is 0 Å². The number of nitro benzene ring substituents is 1. The van der Waals surface area contributed by atoms with Gasteiger partial charge in [-0.25, -0.2) is 0 Å². The molecule has 0 aliphatic heterocycles. The van der Waals surface area contributed by atoms with Crippen molar-refractivity contribution in [2.75, 3.05) is 5.73 Å². The molecule has 3 rings (SSSR count). The number of fused-ring (bicyclic) bond motifs is 1. The van der Waals surface area contributed by atoms with Gasteiger partial charge in [-0.05, 0) is 35.9 Å². The molecule has 0 atom stereocenters. The van der Waals surface area contributed by atoms with E-state index >= 15 is 0 Å². The number of nitrogen functional groups attached to an aromatic ring is 1. The van der Waals surface area contributed by atoms with E-state index in [1.54, 1.807) is 28.7 Å². The average molecular weight is 281 g/mol. The zero-order chi connectivity index (χ0) is 14.8. The van der Waals surface area contributed by atoms with Crippen LogP contribution in [0.15, 0.2) is 42.6 Å². The lowest BCUT2D eigenvalue weighted by molar-refractivity contribution is -0.384. The van der Waals surface area contributed by atoms with E-state index in [9.17, 15) is 10.1 Å². The van der Waals surface area contributed by atoms with Crippen LogP contribution in [0.2, 0.25) is 0 Å². The van der Waals surface area contributed by atoms with E-state index in [0.717, 1.165) is 5.56 Å². The molecule has 3 aromatic rings. The van der Waals surface area contributed by atoms with Gasteiger partial charge in [-0.2, -0.15) is 0 Å². The van der Waals surface area contributed by atoms with Crippen molar-refractivity contribution in [1.82, 2.24) is 14.6 Å². The van der Waals surface area contributed by atoms with Gasteiger partial charge in [0, 0.05) is 18.3 Å². The van der Waals surface area contributed by atoms with Crippen molar-refractivity contribution in [3.8, 4) is 0 Å². The van der Waals surface area contributed by atoms with E-state index in [1.807, 2.05) is 18.3 Å². The highest BCUT2D eigenvalue weighted by molar-refractivity contribution is 5.71. The lowest BCUT2D eigenvalue weighted by Crippen LogP contribution is -1.92. The molecule has 104 valence electrons. The van der Waals surface area contributed by atoms with Crippen molar-refractivity contribution in [1.29, 1.82) is 0 Å². The van der Waals surface area contributed by atoms with Crippen molar-refractivity contribution in [3.05, 3.63) is 64.1 Å². The Bertz CT molecular complexity index is 836. The second kappa shape index (κ2) is 5.04. The SMILES string of the molecule is Nc1cccn2c(/C=C/c3ccc([N+](=O)[O-])cc3)nnc12. The zero-order valence-electron chi connectivity index (χ0n) is 10.9. The number of nitrogens with two attached hydrogens (primary N) is 1. The summed E-state index contributed by atoms with van der Waals surface area (Å²) in [5.41, 5.74) is 7.86. The Hall–Kier alpha value is -3.22. The standard InChI is InChI=1S/C14H11N5O2/c15-12-2-1-9-18-13(16-17-14(12)18)8-5-10-3-6-11(7-4-10)19(20)21/h1-9H,15H2/b8-5+. The maximum Gasteiger partial charge on any atom is 0.269 e. The van der Waals surface area contributed by atoms with Crippen LogP contribution in [0.5, 0.6) is 0 Å². The number of nitrogens with zero attached hydrogens (tertiary/aromatic N) is 4. The minimum atomic E-state index is -0.428. The molecule has 2 aromatic heterocycles. The summed E-state index contributed by atoms with van der Waals surface area (Å²) >= 11 is 0. The van der Waals surface area contributed by atoms with Crippen molar-refractivity contribution >= 4 is 29.2 Å². The predicted molar refractivity (Wildman–Crippen MR) is 79.4 cm³/mol. The van der Waals surface area contributed by atoms with Gasteiger partial charge in [-0.1, -0.05) is 6.08 Å². The Morgan fingerprint density at radius 2 is 1.90 bits per heavy atom. The van der Waals surface area contributed by atoms with Crippen LogP contribution in [0.25, 0.3) is 17.8 Å². The van der Waals surface area contributed by atoms with Crippen LogP contribution < -0.4 is 5.73 Å². The van der Waals surface area contributed by atoms with Crippen LogP contribution in [0.1, 0.15) is 11.4 Å². The number of nitro groups is 1. The summed E-state index contributed by atoms with van der Waals surface area (Å²) in [6.45, 7) is 0. The van der Waals surface area contributed by atoms with Crippen LogP contribution in [-0.4, -0.2) is 19.5 Å². The second-order valence-corrected chi connectivity index (χ2v) is 4.40. The summed E-state index contributed by atoms with van der Waals surface area (Å²) in [4.78, 5) is 10.2. The molecule has 0 saturated carbocycles. The first kappa shape index (κ1) is 12.8. The van der Waals surface area contributed by atoms with Gasteiger partial charge in [-0.15, -0.1) is 10.2 Å². The molecule has 0 saturated heterocycles. The number of benzene rings is 1. The Morgan fingerprint density at radius 1 is 1.14 bits per heavy atom. The molecule has 2 heterocycles. The van der Waals surface area contributed by atoms with E-state index in [0.29, 0.717) is 17.2 Å². The van der Waals surface area contributed by atoms with Crippen LogP contribution in [0.3, 0.4) is 0 Å². The summed E-state index contributed by atoms with van der Waals surface area (Å²) in [7, 11) is 0. The molecule has 0 spiro atoms. The number of hydrogen-bond donors (Lipinski definition) is 1. The van der Waals surface area contributed by atoms with Crippen LogP contribution in [0.4, 0.5) is 11.4 Å². The van der Waals surface area contributed by atoms with E-state index in [1.165, 1.54) is 12.1 Å². The molecule has 7 heteroatoms. The minimum Gasteiger partial charge on any atom is -0.396 e. The molecule has 0 bridgehead atoms. The van der Waals surface area contributed by atoms with Gasteiger partial charge < -0.3 is 5.73 Å². The van der Waals surface area contributed by atoms with E-state index in [2.05, 4.69) is 10.2 Å². The smallest absolute Gasteiger partial charge is 0.269 e. The highest BCUT2D eigenvalue weighted by Crippen LogP contribution is 2.15. The van der Waals surface area contributed by atoms with Gasteiger partial charge >= 0.3 is 0 Å². The van der Waals surface area contributed by atoms with Crippen LogP contribution >= 0.6 is 0 Å². The quantitative estimate of drug-likeness (QED) is 0.587. The number of anilines is 1. The minimum absolute atomic E-state index is 0.0628. The average Bonchev–Trinajstić information content (AvgIpc) is 2.90. The predicted octanol–water partition coefficient (Wildman–Crippen LogP) is 2.39. The summed E-state index contributed by atoms with van der Waals surface area (Å²) in [5, 5.41) is 18.7. The number of aromatic nitrogens is 3. The molecule has 7 nitrogen and oxygen atoms in total. The summed E-state index contributed by atoms with van der Waals surface area (Å²) in [6, 6.07) is 9.83. The lowest BCUT2D eigenvalue weighted by Gasteiger charge is -1.97. The first-order valence-corrected chi connectivity index (χ1v) is 6.17. The molecular formula is C14H11N5O2. The maximum atomic E-state index is 10.6. The summed E-state index contributed by atoms with van der Waals surface area (Å²) in [6.07, 6.45) is 5.41. The van der Waals surface area contributed by atoms with Gasteiger partial charge in [0.15, 0.2) is 11.5 Å². The second-order valence-electron chi connectivity index (χ2n) is 4.40. The highest BCUT2D eigenvalue weighted by atomic mass is 16.6. The molecular weight excluding hydrogens is 270 g/mol. The largest absolute Gasteiger partial charge is 0.396 e. The Kier molecular flexibility index (Phi) is 3.07. The molecule has 0 unspecified atom stereocenters. The molecule has 21 heavy (non-hydrogen) atoms. The first-order valence-electron chi connectivity index (χ1n) is 6.17. The van der Waals surface area contributed by atoms with Gasteiger partial charge in [0.2, 0.25) is 0 Å². The zero-order valence-corrected chi connectivity index (χ0v) is 10.9. The summed E-state index contributed by atoms with van der Waals surface area (Å²) in [5.74, 6) is 0.635. The summed E-state index contributed by atoms with van der Waals surface area (Å²) < 4.78 is 1.78.